The summed E-state index contributed by atoms with van der Waals surface area (Å²) in [5.74, 6) is 0.223. The van der Waals surface area contributed by atoms with Gasteiger partial charge >= 0.3 is 0 Å². The zero-order chi connectivity index (χ0) is 20.4. The van der Waals surface area contributed by atoms with Gasteiger partial charge in [0.2, 0.25) is 11.8 Å². The zero-order valence-electron chi connectivity index (χ0n) is 15.4. The number of thioether (sulfide) groups is 1. The topological polar surface area (TPSA) is 100 Å². The number of hydrogen-bond acceptors (Lipinski definition) is 5. The van der Waals surface area contributed by atoms with Gasteiger partial charge in [0.05, 0.1) is 24.9 Å². The van der Waals surface area contributed by atoms with Crippen LogP contribution in [0.2, 0.25) is 0 Å². The summed E-state index contributed by atoms with van der Waals surface area (Å²) in [5.41, 5.74) is 0.445. The Balaban J connectivity index is 1.88. The lowest BCUT2D eigenvalue weighted by Gasteiger charge is -2.18. The number of rotatable bonds is 10. The fraction of sp³-hybridized carbons (Fsp3) is 0.316. The van der Waals surface area contributed by atoms with Crippen LogP contribution in [0, 0.1) is 0 Å². The highest BCUT2D eigenvalue weighted by Gasteiger charge is 2.22. The summed E-state index contributed by atoms with van der Waals surface area (Å²) in [7, 11) is 0. The monoisotopic (exact) mass is 467 g/mol. The van der Waals surface area contributed by atoms with Crippen LogP contribution < -0.4 is 16.0 Å². The van der Waals surface area contributed by atoms with Crippen LogP contribution in [-0.2, 0) is 16.1 Å². The largest absolute Gasteiger partial charge is 0.467 e. The van der Waals surface area contributed by atoms with Crippen molar-refractivity contribution in [2.45, 2.75) is 19.0 Å². The Kier molecular flexibility index (Phi) is 9.09. The van der Waals surface area contributed by atoms with Crippen LogP contribution >= 0.6 is 27.7 Å². The summed E-state index contributed by atoms with van der Waals surface area (Å²) in [6, 6.07) is 9.73. The van der Waals surface area contributed by atoms with E-state index in [0.717, 1.165) is 0 Å². The Bertz CT molecular complexity index is 798. The molecule has 3 N–H and O–H groups in total. The van der Waals surface area contributed by atoms with Crippen LogP contribution in [-0.4, -0.2) is 42.3 Å². The van der Waals surface area contributed by atoms with E-state index in [1.165, 1.54) is 6.26 Å². The third-order valence-electron chi connectivity index (χ3n) is 3.81. The Hall–Kier alpha value is -2.26. The van der Waals surface area contributed by atoms with Crippen LogP contribution in [0.4, 0.5) is 0 Å². The molecule has 1 heterocycles. The van der Waals surface area contributed by atoms with E-state index in [4.69, 9.17) is 4.42 Å². The molecule has 7 nitrogen and oxygen atoms in total. The van der Waals surface area contributed by atoms with Gasteiger partial charge in [-0.2, -0.15) is 11.8 Å². The third-order valence-corrected chi connectivity index (χ3v) is 5.15. The first-order chi connectivity index (χ1) is 13.5. The molecule has 0 bridgehead atoms. The highest BCUT2D eigenvalue weighted by Crippen LogP contribution is 2.16. The molecule has 1 aromatic carbocycles. The van der Waals surface area contributed by atoms with Crippen molar-refractivity contribution in [1.29, 1.82) is 0 Å². The summed E-state index contributed by atoms with van der Waals surface area (Å²) < 4.78 is 5.78. The minimum absolute atomic E-state index is 0.180. The van der Waals surface area contributed by atoms with Crippen LogP contribution in [0.15, 0.2) is 51.6 Å². The van der Waals surface area contributed by atoms with Crippen molar-refractivity contribution in [2.24, 2.45) is 0 Å². The van der Waals surface area contributed by atoms with Crippen LogP contribution in [0.5, 0.6) is 0 Å². The fourth-order valence-electron chi connectivity index (χ4n) is 2.34. The third kappa shape index (κ3) is 7.05. The number of hydrogen-bond donors (Lipinski definition) is 3. The molecule has 1 aromatic heterocycles. The second-order valence-corrected chi connectivity index (χ2v) is 7.70. The maximum absolute atomic E-state index is 12.5. The second-order valence-electron chi connectivity index (χ2n) is 5.86. The zero-order valence-corrected chi connectivity index (χ0v) is 17.8. The first-order valence-corrected chi connectivity index (χ1v) is 10.8. The minimum Gasteiger partial charge on any atom is -0.467 e. The van der Waals surface area contributed by atoms with E-state index >= 15 is 0 Å². The van der Waals surface area contributed by atoms with Gasteiger partial charge in [0.1, 0.15) is 11.8 Å². The van der Waals surface area contributed by atoms with Crippen molar-refractivity contribution in [2.75, 3.05) is 18.6 Å². The van der Waals surface area contributed by atoms with Crippen molar-refractivity contribution < 1.29 is 18.8 Å². The summed E-state index contributed by atoms with van der Waals surface area (Å²) >= 11 is 4.91. The Morgan fingerprint density at radius 3 is 2.61 bits per heavy atom. The van der Waals surface area contributed by atoms with Crippen molar-refractivity contribution in [1.82, 2.24) is 16.0 Å². The second kappa shape index (κ2) is 11.6. The lowest BCUT2D eigenvalue weighted by atomic mass is 10.1. The molecule has 0 radical (unpaired) electrons. The average Bonchev–Trinajstić information content (AvgIpc) is 3.21. The molecular weight excluding hydrogens is 446 g/mol. The van der Waals surface area contributed by atoms with E-state index in [1.54, 1.807) is 48.2 Å². The Labute approximate surface area is 176 Å². The average molecular weight is 468 g/mol. The molecule has 0 fully saturated rings. The smallest absolute Gasteiger partial charge is 0.253 e. The van der Waals surface area contributed by atoms with E-state index in [0.29, 0.717) is 28.0 Å². The molecule has 0 spiro atoms. The van der Waals surface area contributed by atoms with E-state index in [9.17, 15) is 14.4 Å². The van der Waals surface area contributed by atoms with Crippen molar-refractivity contribution in [3.05, 3.63) is 58.5 Å². The lowest BCUT2D eigenvalue weighted by Crippen LogP contribution is -2.49. The van der Waals surface area contributed by atoms with Crippen LogP contribution in [0.1, 0.15) is 22.5 Å². The molecule has 150 valence electrons. The Morgan fingerprint density at radius 2 is 1.93 bits per heavy atom. The van der Waals surface area contributed by atoms with Gasteiger partial charge in [-0.15, -0.1) is 0 Å². The Morgan fingerprint density at radius 1 is 1.14 bits per heavy atom. The van der Waals surface area contributed by atoms with E-state index in [-0.39, 0.29) is 24.9 Å². The molecule has 0 saturated carbocycles. The number of benzene rings is 1. The number of amides is 3. The predicted molar refractivity (Wildman–Crippen MR) is 112 cm³/mol. The first kappa shape index (κ1) is 22.0. The first-order valence-electron chi connectivity index (χ1n) is 8.62. The summed E-state index contributed by atoms with van der Waals surface area (Å²) in [4.78, 5) is 36.9. The highest BCUT2D eigenvalue weighted by atomic mass is 79.9. The van der Waals surface area contributed by atoms with Crippen molar-refractivity contribution in [3.8, 4) is 0 Å². The van der Waals surface area contributed by atoms with E-state index < -0.39 is 11.9 Å². The van der Waals surface area contributed by atoms with Gasteiger partial charge < -0.3 is 20.4 Å². The van der Waals surface area contributed by atoms with E-state index in [2.05, 4.69) is 31.9 Å². The fourth-order valence-corrected chi connectivity index (χ4v) is 3.27. The number of carbonyl (C=O) groups excluding carboxylic acids is 3. The highest BCUT2D eigenvalue weighted by molar-refractivity contribution is 9.10. The van der Waals surface area contributed by atoms with Gasteiger partial charge in [-0.3, -0.25) is 14.4 Å². The normalized spacial score (nSPS) is 11.5. The SMILES string of the molecule is CSCCC(NC(=O)c1ccccc1Br)C(=O)NCC(=O)NCc1ccco1. The minimum atomic E-state index is -0.732. The molecule has 0 aliphatic rings. The molecule has 1 atom stereocenters. The quantitative estimate of drug-likeness (QED) is 0.497. The molecule has 1 unspecified atom stereocenters. The van der Waals surface area contributed by atoms with Gasteiger partial charge in [-0.25, -0.2) is 0 Å². The van der Waals surface area contributed by atoms with Gasteiger partial charge in [0.25, 0.3) is 5.91 Å². The summed E-state index contributed by atoms with van der Waals surface area (Å²) in [6.07, 6.45) is 3.90. The predicted octanol–water partition coefficient (Wildman–Crippen LogP) is 2.33. The maximum atomic E-state index is 12.5. The molecule has 0 aliphatic carbocycles. The van der Waals surface area contributed by atoms with Crippen LogP contribution in [0.3, 0.4) is 0 Å². The molecule has 0 aliphatic heterocycles. The molecule has 2 rings (SSSR count). The van der Waals surface area contributed by atoms with Crippen molar-refractivity contribution >= 4 is 45.4 Å². The molecule has 2 aromatic rings. The standard InChI is InChI=1S/C19H22BrN3O4S/c1-28-10-8-16(23-18(25)14-6-2-3-7-15(14)20)19(26)22-12-17(24)21-11-13-5-4-9-27-13/h2-7,9,16H,8,10-12H2,1H3,(H,21,24)(H,22,26)(H,23,25). The van der Waals surface area contributed by atoms with Gasteiger partial charge in [0, 0.05) is 4.47 Å². The number of furan rings is 1. The van der Waals surface area contributed by atoms with Crippen LogP contribution in [0.25, 0.3) is 0 Å². The van der Waals surface area contributed by atoms with Crippen molar-refractivity contribution in [3.63, 3.8) is 0 Å². The molecule has 3 amide bonds. The summed E-state index contributed by atoms with van der Waals surface area (Å²) in [5, 5.41) is 7.97. The summed E-state index contributed by atoms with van der Waals surface area (Å²) in [6.45, 7) is 0.0661. The molecule has 0 saturated heterocycles. The number of halogens is 1. The maximum Gasteiger partial charge on any atom is 0.253 e. The lowest BCUT2D eigenvalue weighted by molar-refractivity contribution is -0.127. The molecule has 28 heavy (non-hydrogen) atoms. The van der Waals surface area contributed by atoms with Gasteiger partial charge in [-0.05, 0) is 58.6 Å². The van der Waals surface area contributed by atoms with E-state index in [1.807, 2.05) is 6.26 Å². The molecular formula is C19H22BrN3O4S. The molecule has 9 heteroatoms. The number of nitrogens with one attached hydrogen (secondary N) is 3. The number of carbonyl (C=O) groups is 3. The van der Waals surface area contributed by atoms with Gasteiger partial charge in [-0.1, -0.05) is 12.1 Å². The van der Waals surface area contributed by atoms with Gasteiger partial charge in [0.15, 0.2) is 0 Å².